The number of allylic oxidation sites excluding steroid dienone is 2. The molecule has 0 spiro atoms. The van der Waals surface area contributed by atoms with Crippen LogP contribution in [0.4, 0.5) is 0 Å². The van der Waals surface area contributed by atoms with Gasteiger partial charge in [0.2, 0.25) is 0 Å². The largest absolute Gasteiger partial charge is 0.387 e. The number of amidine groups is 1. The molecule has 0 amide bonds. The third kappa shape index (κ3) is 5.75. The van der Waals surface area contributed by atoms with E-state index in [-0.39, 0.29) is 0 Å². The van der Waals surface area contributed by atoms with Gasteiger partial charge in [0.05, 0.1) is 17.2 Å². The minimum atomic E-state index is 0.410. The van der Waals surface area contributed by atoms with Crippen molar-refractivity contribution in [3.8, 4) is 0 Å². The first kappa shape index (κ1) is 16.6. The molecule has 4 heteroatoms. The van der Waals surface area contributed by atoms with Gasteiger partial charge in [-0.3, -0.25) is 4.99 Å². The Bertz CT molecular complexity index is 371. The molecule has 0 aromatic rings. The second-order valence-corrected chi connectivity index (χ2v) is 4.91. The topological polar surface area (TPSA) is 74.6 Å². The average molecular weight is 250 g/mol. The molecule has 18 heavy (non-hydrogen) atoms. The van der Waals surface area contributed by atoms with Crippen LogP contribution in [0.2, 0.25) is 0 Å². The van der Waals surface area contributed by atoms with Crippen molar-refractivity contribution in [1.82, 2.24) is 0 Å². The van der Waals surface area contributed by atoms with Gasteiger partial charge in [-0.05, 0) is 39.0 Å². The van der Waals surface area contributed by atoms with Gasteiger partial charge in [0, 0.05) is 6.21 Å². The molecule has 0 aliphatic carbocycles. The van der Waals surface area contributed by atoms with Crippen molar-refractivity contribution in [2.75, 3.05) is 0 Å². The normalized spacial score (nSPS) is 16.1. The van der Waals surface area contributed by atoms with Crippen molar-refractivity contribution in [1.29, 1.82) is 5.41 Å². The summed E-state index contributed by atoms with van der Waals surface area (Å²) in [6.07, 6.45) is 2.98. The first-order valence-electron chi connectivity index (χ1n) is 6.40. The first-order chi connectivity index (χ1) is 8.29. The molecule has 0 heterocycles. The molecule has 1 atom stereocenters. The second-order valence-electron chi connectivity index (χ2n) is 4.91. The van der Waals surface area contributed by atoms with E-state index in [4.69, 9.17) is 11.1 Å². The van der Waals surface area contributed by atoms with Gasteiger partial charge >= 0.3 is 0 Å². The van der Waals surface area contributed by atoms with Crippen LogP contribution in [0, 0.1) is 17.2 Å². The fraction of sp³-hybridized carbons (Fsp3) is 0.643. The fourth-order valence-corrected chi connectivity index (χ4v) is 1.70. The summed E-state index contributed by atoms with van der Waals surface area (Å²) in [6, 6.07) is 0. The van der Waals surface area contributed by atoms with Gasteiger partial charge in [-0.15, -0.1) is 0 Å². The predicted octanol–water partition coefficient (Wildman–Crippen LogP) is 3.39. The minimum Gasteiger partial charge on any atom is -0.387 e. The predicted molar refractivity (Wildman–Crippen MR) is 80.5 cm³/mol. The van der Waals surface area contributed by atoms with Crippen LogP contribution in [-0.2, 0) is 0 Å². The van der Waals surface area contributed by atoms with Crippen molar-refractivity contribution in [3.05, 3.63) is 11.4 Å². The summed E-state index contributed by atoms with van der Waals surface area (Å²) in [5.74, 6) is 1.46. The van der Waals surface area contributed by atoms with Crippen LogP contribution in [0.5, 0.6) is 0 Å². The highest BCUT2D eigenvalue weighted by Crippen LogP contribution is 2.15. The summed E-state index contributed by atoms with van der Waals surface area (Å²) < 4.78 is 0. The minimum absolute atomic E-state index is 0.410. The van der Waals surface area contributed by atoms with E-state index >= 15 is 0 Å². The van der Waals surface area contributed by atoms with E-state index in [1.807, 2.05) is 13.1 Å². The maximum absolute atomic E-state index is 7.75. The molecular weight excluding hydrogens is 224 g/mol. The standard InChI is InChI=1S/C14H26N4/c1-7-13(9(2)3)8-17-14(10(4)15)11(5)18-12(6)16/h8-9,13,15H,7H2,1-6H3,(H2,16,18)/b14-11+,15-10?,17-8-. The number of hydrogen-bond donors (Lipinski definition) is 2. The Balaban J connectivity index is 5.23. The Kier molecular flexibility index (Phi) is 7.17. The van der Waals surface area contributed by atoms with Crippen molar-refractivity contribution in [2.45, 2.75) is 48.0 Å². The fourth-order valence-electron chi connectivity index (χ4n) is 1.70. The molecule has 0 saturated heterocycles. The number of nitrogens with two attached hydrogens (primary N) is 1. The third-order valence-corrected chi connectivity index (χ3v) is 2.76. The second kappa shape index (κ2) is 7.80. The molecule has 0 radical (unpaired) electrons. The van der Waals surface area contributed by atoms with Crippen molar-refractivity contribution in [2.24, 2.45) is 27.6 Å². The van der Waals surface area contributed by atoms with Gasteiger partial charge in [-0.1, -0.05) is 20.8 Å². The van der Waals surface area contributed by atoms with Gasteiger partial charge in [0.1, 0.15) is 5.70 Å². The molecular formula is C14H26N4. The molecule has 0 rings (SSSR count). The maximum Gasteiger partial charge on any atom is 0.104 e. The zero-order valence-electron chi connectivity index (χ0n) is 12.4. The van der Waals surface area contributed by atoms with Crippen LogP contribution in [0.15, 0.2) is 21.4 Å². The molecule has 0 aromatic heterocycles. The molecule has 0 aromatic carbocycles. The van der Waals surface area contributed by atoms with Crippen molar-refractivity contribution >= 4 is 17.8 Å². The molecule has 3 N–H and O–H groups in total. The summed E-state index contributed by atoms with van der Waals surface area (Å²) in [6.45, 7) is 11.8. The van der Waals surface area contributed by atoms with E-state index in [1.165, 1.54) is 0 Å². The van der Waals surface area contributed by atoms with E-state index < -0.39 is 0 Å². The molecule has 0 saturated carbocycles. The molecule has 0 bridgehead atoms. The van der Waals surface area contributed by atoms with E-state index in [0.717, 1.165) is 6.42 Å². The number of aliphatic imine (C=N–C) groups is 2. The Labute approximate surface area is 111 Å². The molecule has 4 nitrogen and oxygen atoms in total. The van der Waals surface area contributed by atoms with Crippen LogP contribution in [0.25, 0.3) is 0 Å². The highest BCUT2D eigenvalue weighted by molar-refractivity contribution is 5.97. The van der Waals surface area contributed by atoms with Gasteiger partial charge in [-0.2, -0.15) is 0 Å². The summed E-state index contributed by atoms with van der Waals surface area (Å²) in [4.78, 5) is 8.60. The zero-order valence-corrected chi connectivity index (χ0v) is 12.4. The Hall–Kier alpha value is -1.45. The van der Waals surface area contributed by atoms with Crippen LogP contribution in [0.3, 0.4) is 0 Å². The van der Waals surface area contributed by atoms with Crippen LogP contribution < -0.4 is 5.73 Å². The van der Waals surface area contributed by atoms with E-state index in [9.17, 15) is 0 Å². The summed E-state index contributed by atoms with van der Waals surface area (Å²) in [7, 11) is 0. The lowest BCUT2D eigenvalue weighted by molar-refractivity contribution is 0.489. The third-order valence-electron chi connectivity index (χ3n) is 2.76. The van der Waals surface area contributed by atoms with Gasteiger partial charge in [-0.25, -0.2) is 4.99 Å². The van der Waals surface area contributed by atoms with Crippen LogP contribution in [0.1, 0.15) is 48.0 Å². The quantitative estimate of drug-likeness (QED) is 0.550. The van der Waals surface area contributed by atoms with E-state index in [2.05, 4.69) is 30.8 Å². The lowest BCUT2D eigenvalue weighted by atomic mass is 9.95. The van der Waals surface area contributed by atoms with Crippen molar-refractivity contribution in [3.63, 3.8) is 0 Å². The van der Waals surface area contributed by atoms with E-state index in [1.54, 1.807) is 13.8 Å². The van der Waals surface area contributed by atoms with Gasteiger partial charge in [0.15, 0.2) is 0 Å². The molecule has 1 unspecified atom stereocenters. The first-order valence-corrected chi connectivity index (χ1v) is 6.40. The zero-order chi connectivity index (χ0) is 14.3. The number of rotatable bonds is 6. The van der Waals surface area contributed by atoms with Crippen LogP contribution >= 0.6 is 0 Å². The lowest BCUT2D eigenvalue weighted by Gasteiger charge is -2.13. The highest BCUT2D eigenvalue weighted by atomic mass is 14.9. The van der Waals surface area contributed by atoms with Gasteiger partial charge in [0.25, 0.3) is 0 Å². The number of hydrogen-bond acceptors (Lipinski definition) is 3. The van der Waals surface area contributed by atoms with Crippen molar-refractivity contribution < 1.29 is 0 Å². The maximum atomic E-state index is 7.75. The summed E-state index contributed by atoms with van der Waals surface area (Å²) in [5.41, 5.74) is 7.27. The van der Waals surface area contributed by atoms with Gasteiger partial charge < -0.3 is 11.1 Å². The molecule has 0 aliphatic rings. The molecule has 0 aliphatic heterocycles. The smallest absolute Gasteiger partial charge is 0.104 e. The number of nitrogens with one attached hydrogen (secondary N) is 1. The van der Waals surface area contributed by atoms with Crippen LogP contribution in [-0.4, -0.2) is 17.8 Å². The Morgan fingerprint density at radius 1 is 1.28 bits per heavy atom. The molecule has 0 fully saturated rings. The SMILES string of the molecule is CCC(\C=N/C(C(C)=N)=C(C)/N=C(\C)N)C(C)C. The monoisotopic (exact) mass is 250 g/mol. The summed E-state index contributed by atoms with van der Waals surface area (Å²) in [5, 5.41) is 7.75. The average Bonchev–Trinajstić information content (AvgIpc) is 2.21. The van der Waals surface area contributed by atoms with E-state index in [0.29, 0.717) is 34.8 Å². The molecule has 102 valence electrons. The lowest BCUT2D eigenvalue weighted by Crippen LogP contribution is -2.10. The Morgan fingerprint density at radius 3 is 2.17 bits per heavy atom. The highest BCUT2D eigenvalue weighted by Gasteiger charge is 2.09. The Morgan fingerprint density at radius 2 is 1.83 bits per heavy atom. The summed E-state index contributed by atoms with van der Waals surface area (Å²) >= 11 is 0. The number of nitrogens with zero attached hydrogens (tertiary/aromatic N) is 2.